The Morgan fingerprint density at radius 3 is 2.29 bits per heavy atom. The highest BCUT2D eigenvalue weighted by Gasteiger charge is 2.75. The summed E-state index contributed by atoms with van der Waals surface area (Å²) in [5.74, 6) is -1.36. The van der Waals surface area contributed by atoms with E-state index in [2.05, 4.69) is 10.1 Å². The number of alkyl halides is 3. The molecule has 0 heterocycles. The first-order chi connectivity index (χ1) is 11.1. The fraction of sp³-hybridized carbons (Fsp3) is 0.500. The van der Waals surface area contributed by atoms with Gasteiger partial charge in [0.15, 0.2) is 6.10 Å². The van der Waals surface area contributed by atoms with E-state index < -0.39 is 35.0 Å². The van der Waals surface area contributed by atoms with Crippen LogP contribution < -0.4 is 5.32 Å². The van der Waals surface area contributed by atoms with Crippen molar-refractivity contribution in [2.24, 2.45) is 10.8 Å². The molecule has 0 spiro atoms. The van der Waals surface area contributed by atoms with E-state index >= 15 is 0 Å². The van der Waals surface area contributed by atoms with E-state index in [1.54, 1.807) is 0 Å². The van der Waals surface area contributed by atoms with Crippen molar-refractivity contribution in [2.45, 2.75) is 31.5 Å². The fourth-order valence-corrected chi connectivity index (χ4v) is 3.79. The van der Waals surface area contributed by atoms with Crippen molar-refractivity contribution in [1.29, 1.82) is 0 Å². The molecule has 0 aliphatic heterocycles. The molecule has 1 amide bonds. The molecule has 0 aromatic heterocycles. The van der Waals surface area contributed by atoms with Crippen LogP contribution in [0.3, 0.4) is 0 Å². The third-order valence-corrected chi connectivity index (χ3v) is 4.99. The van der Waals surface area contributed by atoms with E-state index in [1.807, 2.05) is 0 Å². The number of benzene rings is 1. The Bertz CT molecular complexity index is 681. The summed E-state index contributed by atoms with van der Waals surface area (Å²) in [5, 5.41) is 11.6. The maximum absolute atomic E-state index is 13.1. The predicted molar refractivity (Wildman–Crippen MR) is 77.2 cm³/mol. The van der Waals surface area contributed by atoms with Gasteiger partial charge in [-0.1, -0.05) is 18.2 Å². The second kappa shape index (κ2) is 5.20. The number of anilines is 1. The van der Waals surface area contributed by atoms with Gasteiger partial charge in [0.2, 0.25) is 5.91 Å². The molecule has 24 heavy (non-hydrogen) atoms. The minimum atomic E-state index is -4.61. The highest BCUT2D eigenvalue weighted by molar-refractivity contribution is 6.01. The van der Waals surface area contributed by atoms with E-state index in [4.69, 9.17) is 5.11 Å². The average molecular weight is 343 g/mol. The number of ether oxygens (including phenoxy) is 1. The Morgan fingerprint density at radius 2 is 1.79 bits per heavy atom. The molecule has 4 rings (SSSR count). The number of hydrogen-bond donors (Lipinski definition) is 2. The van der Waals surface area contributed by atoms with Crippen LogP contribution in [0.5, 0.6) is 0 Å². The molecular formula is C16H16F3NO4. The first-order valence-electron chi connectivity index (χ1n) is 7.37. The molecule has 3 saturated carbocycles. The van der Waals surface area contributed by atoms with Crippen LogP contribution in [0.2, 0.25) is 0 Å². The molecule has 1 aromatic carbocycles. The molecule has 5 nitrogen and oxygen atoms in total. The summed E-state index contributed by atoms with van der Waals surface area (Å²) in [6.45, 7) is 0. The minimum absolute atomic E-state index is 0.0285. The van der Waals surface area contributed by atoms with E-state index in [1.165, 1.54) is 24.3 Å². The number of carbonyl (C=O) groups is 2. The number of carboxylic acid groups (broad SMARTS) is 1. The van der Waals surface area contributed by atoms with Crippen molar-refractivity contribution in [3.05, 3.63) is 29.8 Å². The first kappa shape index (κ1) is 16.8. The van der Waals surface area contributed by atoms with Crippen LogP contribution in [0.15, 0.2) is 24.3 Å². The summed E-state index contributed by atoms with van der Waals surface area (Å²) >= 11 is 0. The molecule has 130 valence electrons. The summed E-state index contributed by atoms with van der Waals surface area (Å²) in [7, 11) is 0.953. The number of methoxy groups -OCH3 is 1. The number of para-hydroxylation sites is 1. The van der Waals surface area contributed by atoms with E-state index in [0.717, 1.165) is 7.11 Å². The molecule has 1 aromatic rings. The van der Waals surface area contributed by atoms with Gasteiger partial charge in [-0.25, -0.2) is 0 Å². The Labute approximate surface area is 135 Å². The van der Waals surface area contributed by atoms with Gasteiger partial charge < -0.3 is 15.2 Å². The highest BCUT2D eigenvalue weighted by Crippen LogP contribution is 2.73. The van der Waals surface area contributed by atoms with Gasteiger partial charge >= 0.3 is 12.1 Å². The summed E-state index contributed by atoms with van der Waals surface area (Å²) in [4.78, 5) is 23.5. The molecule has 3 aliphatic rings. The van der Waals surface area contributed by atoms with Gasteiger partial charge in [0.05, 0.1) is 10.8 Å². The number of rotatable bonds is 5. The van der Waals surface area contributed by atoms with Crippen molar-refractivity contribution in [3.63, 3.8) is 0 Å². The monoisotopic (exact) mass is 343 g/mol. The Morgan fingerprint density at radius 1 is 1.21 bits per heavy atom. The van der Waals surface area contributed by atoms with E-state index in [9.17, 15) is 22.8 Å². The summed E-state index contributed by atoms with van der Waals surface area (Å²) in [6, 6.07) is 5.58. The first-order valence-corrected chi connectivity index (χ1v) is 7.37. The van der Waals surface area contributed by atoms with Gasteiger partial charge in [-0.3, -0.25) is 9.59 Å². The Balaban J connectivity index is 1.78. The van der Waals surface area contributed by atoms with Crippen LogP contribution >= 0.6 is 0 Å². The number of carboxylic acids is 1. The minimum Gasteiger partial charge on any atom is -0.481 e. The zero-order valence-electron chi connectivity index (χ0n) is 12.8. The highest BCUT2D eigenvalue weighted by atomic mass is 19.4. The Hall–Kier alpha value is -2.09. The van der Waals surface area contributed by atoms with Gasteiger partial charge in [-0.2, -0.15) is 13.2 Å². The maximum atomic E-state index is 13.1. The number of hydrogen-bond acceptors (Lipinski definition) is 3. The summed E-state index contributed by atoms with van der Waals surface area (Å²) < 4.78 is 43.8. The van der Waals surface area contributed by atoms with Crippen LogP contribution in [-0.4, -0.2) is 30.3 Å². The van der Waals surface area contributed by atoms with Crippen LogP contribution in [0.1, 0.15) is 30.9 Å². The molecule has 0 saturated heterocycles. The number of amides is 1. The van der Waals surface area contributed by atoms with Gasteiger partial charge in [0.1, 0.15) is 0 Å². The van der Waals surface area contributed by atoms with Crippen molar-refractivity contribution in [3.8, 4) is 0 Å². The fourth-order valence-electron chi connectivity index (χ4n) is 3.79. The number of halogens is 3. The third kappa shape index (κ3) is 2.36. The van der Waals surface area contributed by atoms with E-state index in [-0.39, 0.29) is 30.5 Å². The number of nitrogens with one attached hydrogen (secondary N) is 1. The van der Waals surface area contributed by atoms with Crippen LogP contribution in [0.25, 0.3) is 0 Å². The zero-order valence-corrected chi connectivity index (χ0v) is 12.8. The van der Waals surface area contributed by atoms with Gasteiger partial charge in [-0.15, -0.1) is 0 Å². The predicted octanol–water partition coefficient (Wildman–Crippen LogP) is 3.13. The summed E-state index contributed by atoms with van der Waals surface area (Å²) in [6.07, 6.45) is -6.06. The number of aliphatic carboxylic acids is 1. The quantitative estimate of drug-likeness (QED) is 0.861. The SMILES string of the molecule is COC(c1ccccc1NC(=O)C12CC(C(=O)O)(C1)C2)C(F)(F)F. The molecular weight excluding hydrogens is 327 g/mol. The lowest BCUT2D eigenvalue weighted by Crippen LogP contribution is -2.69. The molecule has 3 fully saturated rings. The number of carbonyl (C=O) groups excluding carboxylic acids is 1. The van der Waals surface area contributed by atoms with Gasteiger partial charge in [-0.05, 0) is 25.3 Å². The largest absolute Gasteiger partial charge is 0.481 e. The molecule has 8 heteroatoms. The van der Waals surface area contributed by atoms with Crippen molar-refractivity contribution >= 4 is 17.6 Å². The second-order valence-corrected chi connectivity index (χ2v) is 6.59. The van der Waals surface area contributed by atoms with Crippen LogP contribution in [0.4, 0.5) is 18.9 Å². The second-order valence-electron chi connectivity index (χ2n) is 6.59. The molecule has 2 N–H and O–H groups in total. The molecule has 3 aliphatic carbocycles. The average Bonchev–Trinajstić information content (AvgIpc) is 2.36. The molecule has 1 atom stereocenters. The van der Waals surface area contributed by atoms with Gasteiger partial charge in [0, 0.05) is 18.4 Å². The topological polar surface area (TPSA) is 75.6 Å². The Kier molecular flexibility index (Phi) is 3.63. The lowest BCUT2D eigenvalue weighted by molar-refractivity contribution is -0.218. The third-order valence-electron chi connectivity index (χ3n) is 4.99. The van der Waals surface area contributed by atoms with Crippen molar-refractivity contribution in [2.75, 3.05) is 12.4 Å². The molecule has 1 unspecified atom stereocenters. The summed E-state index contributed by atoms with van der Waals surface area (Å²) in [5.41, 5.74) is -1.74. The van der Waals surface area contributed by atoms with E-state index in [0.29, 0.717) is 0 Å². The standard InChI is InChI=1S/C16H16F3NO4/c1-24-11(16(17,18)19)9-4-2-3-5-10(9)20-12(21)14-6-15(7-14,8-14)13(22)23/h2-5,11H,6-8H2,1H3,(H,20,21)(H,22,23). The van der Waals surface area contributed by atoms with Crippen molar-refractivity contribution in [1.82, 2.24) is 0 Å². The maximum Gasteiger partial charge on any atom is 0.418 e. The lowest BCUT2D eigenvalue weighted by Gasteiger charge is -2.66. The molecule has 2 bridgehead atoms. The molecule has 0 radical (unpaired) electrons. The van der Waals surface area contributed by atoms with Crippen LogP contribution in [-0.2, 0) is 14.3 Å². The van der Waals surface area contributed by atoms with Crippen molar-refractivity contribution < 1.29 is 32.6 Å². The normalized spacial score (nSPS) is 29.2. The zero-order chi connectivity index (χ0) is 17.8. The lowest BCUT2D eigenvalue weighted by atomic mass is 9.35. The van der Waals surface area contributed by atoms with Crippen LogP contribution in [0, 0.1) is 10.8 Å². The van der Waals surface area contributed by atoms with Gasteiger partial charge in [0.25, 0.3) is 0 Å². The smallest absolute Gasteiger partial charge is 0.418 e.